The average molecular weight is 354 g/mol. The highest BCUT2D eigenvalue weighted by Crippen LogP contribution is 2.27. The third kappa shape index (κ3) is 5.36. The van der Waals surface area contributed by atoms with E-state index in [-0.39, 0.29) is 11.4 Å². The first-order valence-electron chi connectivity index (χ1n) is 4.98. The molecule has 0 heterocycles. The second-order valence-corrected chi connectivity index (χ2v) is 7.94. The molecule has 1 aromatic carbocycles. The summed E-state index contributed by atoms with van der Waals surface area (Å²) in [5.41, 5.74) is 0.833. The molecular formula is C10H12BrNO4S2. The summed E-state index contributed by atoms with van der Waals surface area (Å²) in [5, 5.41) is 10.7. The first-order valence-corrected chi connectivity index (χ1v) is 8.99. The number of sulfone groups is 1. The van der Waals surface area contributed by atoms with Gasteiger partial charge in [-0.1, -0.05) is 6.07 Å². The molecule has 100 valence electrons. The van der Waals surface area contributed by atoms with Crippen LogP contribution < -0.4 is 0 Å². The highest BCUT2D eigenvalue weighted by atomic mass is 79.9. The first kappa shape index (κ1) is 15.5. The summed E-state index contributed by atoms with van der Waals surface area (Å²) in [7, 11) is -2.94. The van der Waals surface area contributed by atoms with Crippen molar-refractivity contribution >= 4 is 43.2 Å². The Balaban J connectivity index is 2.58. The van der Waals surface area contributed by atoms with Crippen molar-refractivity contribution in [2.75, 3.05) is 17.8 Å². The van der Waals surface area contributed by atoms with Crippen molar-refractivity contribution in [3.8, 4) is 0 Å². The van der Waals surface area contributed by atoms with Crippen molar-refractivity contribution in [3.05, 3.63) is 38.3 Å². The van der Waals surface area contributed by atoms with E-state index < -0.39 is 14.8 Å². The van der Waals surface area contributed by atoms with Gasteiger partial charge < -0.3 is 0 Å². The van der Waals surface area contributed by atoms with Crippen LogP contribution in [0.25, 0.3) is 0 Å². The molecule has 0 saturated carbocycles. The van der Waals surface area contributed by atoms with Gasteiger partial charge in [-0.15, -0.1) is 0 Å². The van der Waals surface area contributed by atoms with Gasteiger partial charge in [0.15, 0.2) is 0 Å². The van der Waals surface area contributed by atoms with Crippen molar-refractivity contribution in [2.45, 2.75) is 5.75 Å². The highest BCUT2D eigenvalue weighted by Gasteiger charge is 2.12. The molecule has 0 radical (unpaired) electrons. The summed E-state index contributed by atoms with van der Waals surface area (Å²) in [6.45, 7) is 0. The summed E-state index contributed by atoms with van der Waals surface area (Å²) in [4.78, 5) is 10.3. The van der Waals surface area contributed by atoms with Crippen LogP contribution in [0.1, 0.15) is 5.56 Å². The quantitative estimate of drug-likeness (QED) is 0.446. The van der Waals surface area contributed by atoms with Crippen LogP contribution in [0.4, 0.5) is 5.69 Å². The molecule has 0 aromatic heterocycles. The van der Waals surface area contributed by atoms with Gasteiger partial charge in [-0.2, -0.15) is 11.8 Å². The van der Waals surface area contributed by atoms with Gasteiger partial charge in [0.25, 0.3) is 5.69 Å². The molecule has 0 aliphatic carbocycles. The summed E-state index contributed by atoms with van der Waals surface area (Å²) in [5.74, 6) is 1.17. The number of thioether (sulfide) groups is 1. The number of hydrogen-bond acceptors (Lipinski definition) is 5. The Morgan fingerprint density at radius 2 is 2.11 bits per heavy atom. The zero-order valence-corrected chi connectivity index (χ0v) is 12.8. The van der Waals surface area contributed by atoms with Gasteiger partial charge in [-0.3, -0.25) is 10.1 Å². The number of halogens is 1. The lowest BCUT2D eigenvalue weighted by molar-refractivity contribution is -0.385. The third-order valence-corrected chi connectivity index (χ3v) is 4.98. The van der Waals surface area contributed by atoms with Gasteiger partial charge in [0.2, 0.25) is 0 Å². The number of benzene rings is 1. The Morgan fingerprint density at radius 1 is 1.44 bits per heavy atom. The highest BCUT2D eigenvalue weighted by molar-refractivity contribution is 9.10. The van der Waals surface area contributed by atoms with E-state index in [2.05, 4.69) is 15.9 Å². The third-order valence-electron chi connectivity index (χ3n) is 2.07. The molecule has 1 rings (SSSR count). The van der Waals surface area contributed by atoms with Crippen LogP contribution in [0, 0.1) is 10.1 Å². The summed E-state index contributed by atoms with van der Waals surface area (Å²) in [6.07, 6.45) is 1.19. The van der Waals surface area contributed by atoms with Gasteiger partial charge >= 0.3 is 0 Å². The summed E-state index contributed by atoms with van der Waals surface area (Å²) >= 11 is 4.55. The van der Waals surface area contributed by atoms with Gasteiger partial charge in [0.05, 0.1) is 15.1 Å². The fraction of sp³-hybridized carbons (Fsp3) is 0.400. The Hall–Kier alpha value is -0.600. The largest absolute Gasteiger partial charge is 0.283 e. The Labute approximate surface area is 118 Å². The van der Waals surface area contributed by atoms with Crippen LogP contribution in [-0.4, -0.2) is 31.1 Å². The van der Waals surface area contributed by atoms with Crippen LogP contribution in [0.15, 0.2) is 22.7 Å². The van der Waals surface area contributed by atoms with Crippen molar-refractivity contribution in [2.24, 2.45) is 0 Å². The van der Waals surface area contributed by atoms with Crippen LogP contribution in [0.2, 0.25) is 0 Å². The van der Waals surface area contributed by atoms with Crippen LogP contribution >= 0.6 is 27.7 Å². The fourth-order valence-corrected chi connectivity index (χ4v) is 3.82. The minimum Gasteiger partial charge on any atom is -0.258 e. The molecule has 0 aliphatic heterocycles. The molecular weight excluding hydrogens is 342 g/mol. The maximum Gasteiger partial charge on any atom is 0.283 e. The summed E-state index contributed by atoms with van der Waals surface area (Å²) < 4.78 is 22.3. The topological polar surface area (TPSA) is 77.3 Å². The van der Waals surface area contributed by atoms with Crippen LogP contribution in [0.3, 0.4) is 0 Å². The minimum atomic E-state index is -2.94. The second-order valence-electron chi connectivity index (χ2n) is 3.73. The van der Waals surface area contributed by atoms with Crippen molar-refractivity contribution < 1.29 is 13.3 Å². The predicted octanol–water partition coefficient (Wildman–Crippen LogP) is 2.64. The minimum absolute atomic E-state index is 0.0243. The van der Waals surface area contributed by atoms with Crippen molar-refractivity contribution in [1.82, 2.24) is 0 Å². The Bertz CT molecular complexity index is 545. The molecule has 18 heavy (non-hydrogen) atoms. The number of nitrogens with zero attached hydrogens (tertiary/aromatic N) is 1. The van der Waals surface area contributed by atoms with E-state index in [0.717, 1.165) is 5.56 Å². The molecule has 0 saturated heterocycles. The van der Waals surface area contributed by atoms with Crippen LogP contribution in [0.5, 0.6) is 0 Å². The molecule has 8 heteroatoms. The van der Waals surface area contributed by atoms with E-state index in [0.29, 0.717) is 16.0 Å². The zero-order chi connectivity index (χ0) is 13.8. The number of nitro groups is 1. The van der Waals surface area contributed by atoms with Crippen LogP contribution in [-0.2, 0) is 15.6 Å². The molecule has 5 nitrogen and oxygen atoms in total. The molecule has 0 N–H and O–H groups in total. The SMILES string of the molecule is CS(=O)(=O)CCSCc1ccc(Br)c([N+](=O)[O-])c1. The Morgan fingerprint density at radius 3 is 2.67 bits per heavy atom. The van der Waals surface area contributed by atoms with E-state index in [1.165, 1.54) is 24.1 Å². The fourth-order valence-electron chi connectivity index (χ4n) is 1.19. The smallest absolute Gasteiger partial charge is 0.258 e. The molecule has 0 atom stereocenters. The average Bonchev–Trinajstić information content (AvgIpc) is 2.24. The standard InChI is InChI=1S/C10H12BrNO4S2/c1-18(15,16)5-4-17-7-8-2-3-9(11)10(6-8)12(13)14/h2-3,6H,4-5,7H2,1H3. The van der Waals surface area contributed by atoms with Crippen molar-refractivity contribution in [1.29, 1.82) is 0 Å². The van der Waals surface area contributed by atoms with Gasteiger partial charge in [0.1, 0.15) is 9.84 Å². The first-order chi connectivity index (χ1) is 8.29. The normalized spacial score (nSPS) is 11.4. The second kappa shape index (κ2) is 6.53. The van der Waals surface area contributed by atoms with E-state index >= 15 is 0 Å². The number of rotatable bonds is 6. The molecule has 0 bridgehead atoms. The molecule has 0 fully saturated rings. The Kier molecular flexibility index (Phi) is 5.61. The van der Waals surface area contributed by atoms with Gasteiger partial charge in [0, 0.05) is 23.8 Å². The monoisotopic (exact) mass is 353 g/mol. The maximum atomic E-state index is 10.9. The number of nitro benzene ring substituents is 1. The van der Waals surface area contributed by atoms with Crippen molar-refractivity contribution in [3.63, 3.8) is 0 Å². The molecule has 0 unspecified atom stereocenters. The van der Waals surface area contributed by atoms with Gasteiger partial charge in [-0.25, -0.2) is 8.42 Å². The van der Waals surface area contributed by atoms with E-state index in [4.69, 9.17) is 0 Å². The lowest BCUT2D eigenvalue weighted by Gasteiger charge is -2.02. The van der Waals surface area contributed by atoms with Gasteiger partial charge in [-0.05, 0) is 27.6 Å². The molecule has 0 spiro atoms. The zero-order valence-electron chi connectivity index (χ0n) is 9.63. The molecule has 0 aliphatic rings. The lowest BCUT2D eigenvalue weighted by Crippen LogP contribution is -2.05. The van der Waals surface area contributed by atoms with E-state index in [1.807, 2.05) is 0 Å². The molecule has 0 amide bonds. The summed E-state index contributed by atoms with van der Waals surface area (Å²) in [6, 6.07) is 4.91. The predicted molar refractivity (Wildman–Crippen MR) is 76.7 cm³/mol. The van der Waals surface area contributed by atoms with E-state index in [9.17, 15) is 18.5 Å². The molecule has 1 aromatic rings. The van der Waals surface area contributed by atoms with E-state index in [1.54, 1.807) is 12.1 Å². The lowest BCUT2D eigenvalue weighted by atomic mass is 10.2. The number of hydrogen-bond donors (Lipinski definition) is 0. The maximum absolute atomic E-state index is 10.9.